The predicted molar refractivity (Wildman–Crippen MR) is 66.3 cm³/mol. The zero-order valence-corrected chi connectivity index (χ0v) is 11.3. The van der Waals surface area contributed by atoms with Crippen molar-refractivity contribution in [3.8, 4) is 0 Å². The van der Waals surface area contributed by atoms with Gasteiger partial charge in [0.05, 0.1) is 11.2 Å². The van der Waals surface area contributed by atoms with Crippen LogP contribution in [0.3, 0.4) is 0 Å². The van der Waals surface area contributed by atoms with E-state index in [0.717, 1.165) is 23.7 Å². The Kier molecular flexibility index (Phi) is 2.25. The zero-order valence-electron chi connectivity index (χ0n) is 11.3. The SMILES string of the molecule is CC(C)[C@H]1CC[C@H](C)[C@@]23CC[C@@](C)(C[C@H]12)O3. The Hall–Kier alpha value is -0.0400. The van der Waals surface area contributed by atoms with E-state index < -0.39 is 0 Å². The van der Waals surface area contributed by atoms with Gasteiger partial charge in [-0.1, -0.05) is 20.8 Å². The molecule has 1 aliphatic carbocycles. The normalized spacial score (nSPS) is 55.7. The summed E-state index contributed by atoms with van der Waals surface area (Å²) < 4.78 is 6.54. The molecule has 0 aromatic heterocycles. The van der Waals surface area contributed by atoms with Crippen molar-refractivity contribution in [3.05, 3.63) is 0 Å². The first-order chi connectivity index (χ1) is 7.47. The fraction of sp³-hybridized carbons (Fsp3) is 1.00. The second-order valence-corrected chi connectivity index (χ2v) is 7.20. The fourth-order valence-electron chi connectivity index (χ4n) is 4.98. The summed E-state index contributed by atoms with van der Waals surface area (Å²) in [5, 5.41) is 0. The van der Waals surface area contributed by atoms with Crippen molar-refractivity contribution in [2.24, 2.45) is 23.7 Å². The highest BCUT2D eigenvalue weighted by molar-refractivity contribution is 5.13. The Morgan fingerprint density at radius 3 is 2.56 bits per heavy atom. The van der Waals surface area contributed by atoms with Gasteiger partial charge in [-0.15, -0.1) is 0 Å². The molecule has 16 heavy (non-hydrogen) atoms. The smallest absolute Gasteiger partial charge is 0.0748 e. The third kappa shape index (κ3) is 1.27. The van der Waals surface area contributed by atoms with Gasteiger partial charge in [-0.2, -0.15) is 0 Å². The molecule has 1 saturated carbocycles. The van der Waals surface area contributed by atoms with Crippen LogP contribution in [0, 0.1) is 23.7 Å². The maximum atomic E-state index is 6.54. The summed E-state index contributed by atoms with van der Waals surface area (Å²) in [5.74, 6) is 3.39. The molecule has 0 aromatic rings. The molecule has 0 unspecified atom stereocenters. The predicted octanol–water partition coefficient (Wildman–Crippen LogP) is 4.02. The summed E-state index contributed by atoms with van der Waals surface area (Å²) in [7, 11) is 0. The number of hydrogen-bond donors (Lipinski definition) is 0. The number of rotatable bonds is 1. The Labute approximate surface area is 99.9 Å². The summed E-state index contributed by atoms with van der Waals surface area (Å²) >= 11 is 0. The van der Waals surface area contributed by atoms with Crippen LogP contribution in [0.2, 0.25) is 0 Å². The van der Waals surface area contributed by atoms with Crippen LogP contribution in [0.1, 0.15) is 59.8 Å². The van der Waals surface area contributed by atoms with Gasteiger partial charge in [0.1, 0.15) is 0 Å². The third-order valence-corrected chi connectivity index (χ3v) is 5.90. The van der Waals surface area contributed by atoms with Gasteiger partial charge in [0.25, 0.3) is 0 Å². The second-order valence-electron chi connectivity index (χ2n) is 7.20. The molecule has 2 bridgehead atoms. The Morgan fingerprint density at radius 1 is 1.19 bits per heavy atom. The monoisotopic (exact) mass is 222 g/mol. The molecule has 2 saturated heterocycles. The van der Waals surface area contributed by atoms with E-state index in [2.05, 4.69) is 27.7 Å². The molecule has 3 fully saturated rings. The lowest BCUT2D eigenvalue weighted by molar-refractivity contribution is -0.112. The number of ether oxygens (including phenoxy) is 1. The molecule has 1 spiro atoms. The molecular formula is C15H26O. The van der Waals surface area contributed by atoms with Crippen molar-refractivity contribution in [3.63, 3.8) is 0 Å². The van der Waals surface area contributed by atoms with Gasteiger partial charge >= 0.3 is 0 Å². The van der Waals surface area contributed by atoms with Crippen LogP contribution >= 0.6 is 0 Å². The van der Waals surface area contributed by atoms with Gasteiger partial charge in [-0.3, -0.25) is 0 Å². The molecule has 2 aliphatic heterocycles. The molecule has 2 heterocycles. The van der Waals surface area contributed by atoms with Crippen molar-refractivity contribution in [1.29, 1.82) is 0 Å². The van der Waals surface area contributed by atoms with Gasteiger partial charge in [0.15, 0.2) is 0 Å². The van der Waals surface area contributed by atoms with Crippen LogP contribution in [0.5, 0.6) is 0 Å². The molecule has 92 valence electrons. The highest BCUT2D eigenvalue weighted by Crippen LogP contribution is 2.63. The lowest BCUT2D eigenvalue weighted by Crippen LogP contribution is -2.48. The Morgan fingerprint density at radius 2 is 1.94 bits per heavy atom. The maximum absolute atomic E-state index is 6.54. The number of hydrogen-bond acceptors (Lipinski definition) is 1. The maximum Gasteiger partial charge on any atom is 0.0748 e. The molecular weight excluding hydrogens is 196 g/mol. The van der Waals surface area contributed by atoms with Crippen LogP contribution < -0.4 is 0 Å². The first-order valence-corrected chi connectivity index (χ1v) is 7.17. The molecule has 3 aliphatic rings. The zero-order chi connectivity index (χ0) is 11.6. The van der Waals surface area contributed by atoms with Crippen molar-refractivity contribution < 1.29 is 4.74 Å². The first kappa shape index (κ1) is 11.1. The van der Waals surface area contributed by atoms with E-state index in [-0.39, 0.29) is 11.2 Å². The van der Waals surface area contributed by atoms with Crippen LogP contribution in [0.25, 0.3) is 0 Å². The van der Waals surface area contributed by atoms with Crippen molar-refractivity contribution in [2.45, 2.75) is 71.0 Å². The summed E-state index contributed by atoms with van der Waals surface area (Å²) in [6, 6.07) is 0. The van der Waals surface area contributed by atoms with Gasteiger partial charge < -0.3 is 4.74 Å². The van der Waals surface area contributed by atoms with Crippen molar-refractivity contribution >= 4 is 0 Å². The van der Waals surface area contributed by atoms with Crippen molar-refractivity contribution in [1.82, 2.24) is 0 Å². The van der Waals surface area contributed by atoms with E-state index in [1.807, 2.05) is 0 Å². The second kappa shape index (κ2) is 3.25. The minimum atomic E-state index is 0.233. The largest absolute Gasteiger partial charge is 0.368 e. The third-order valence-electron chi connectivity index (χ3n) is 5.90. The molecule has 3 rings (SSSR count). The Bertz CT molecular complexity index is 298. The first-order valence-electron chi connectivity index (χ1n) is 7.17. The summed E-state index contributed by atoms with van der Waals surface area (Å²) in [5.41, 5.74) is 0.512. The molecule has 0 radical (unpaired) electrons. The van der Waals surface area contributed by atoms with Gasteiger partial charge in [-0.25, -0.2) is 0 Å². The van der Waals surface area contributed by atoms with Crippen LogP contribution in [-0.4, -0.2) is 11.2 Å². The lowest BCUT2D eigenvalue weighted by atomic mass is 9.57. The molecule has 0 N–H and O–H groups in total. The summed E-state index contributed by atoms with van der Waals surface area (Å²) in [6.45, 7) is 9.59. The molecule has 0 amide bonds. The molecule has 1 heteroatoms. The van der Waals surface area contributed by atoms with E-state index >= 15 is 0 Å². The summed E-state index contributed by atoms with van der Waals surface area (Å²) in [6.07, 6.45) is 6.79. The van der Waals surface area contributed by atoms with Crippen molar-refractivity contribution in [2.75, 3.05) is 0 Å². The minimum absolute atomic E-state index is 0.233. The van der Waals surface area contributed by atoms with Crippen LogP contribution in [0.4, 0.5) is 0 Å². The van der Waals surface area contributed by atoms with E-state index in [9.17, 15) is 0 Å². The van der Waals surface area contributed by atoms with Gasteiger partial charge in [0, 0.05) is 0 Å². The average molecular weight is 222 g/mol. The van der Waals surface area contributed by atoms with E-state index in [0.29, 0.717) is 0 Å². The van der Waals surface area contributed by atoms with Crippen LogP contribution in [-0.2, 0) is 4.74 Å². The highest BCUT2D eigenvalue weighted by atomic mass is 16.5. The van der Waals surface area contributed by atoms with Crippen LogP contribution in [0.15, 0.2) is 0 Å². The lowest BCUT2D eigenvalue weighted by Gasteiger charge is -2.48. The van der Waals surface area contributed by atoms with E-state index in [4.69, 9.17) is 4.74 Å². The Balaban J connectivity index is 1.95. The van der Waals surface area contributed by atoms with E-state index in [1.54, 1.807) is 0 Å². The molecule has 1 nitrogen and oxygen atoms in total. The summed E-state index contributed by atoms with van der Waals surface area (Å²) in [4.78, 5) is 0. The highest BCUT2D eigenvalue weighted by Gasteiger charge is 2.64. The molecule has 5 atom stereocenters. The number of fused-ring (bicyclic) bond motifs is 1. The van der Waals surface area contributed by atoms with Gasteiger partial charge in [-0.05, 0) is 62.7 Å². The quantitative estimate of drug-likeness (QED) is 0.651. The topological polar surface area (TPSA) is 9.23 Å². The molecule has 0 aromatic carbocycles. The fourth-order valence-corrected chi connectivity index (χ4v) is 4.98. The van der Waals surface area contributed by atoms with Gasteiger partial charge in [0.2, 0.25) is 0 Å². The standard InChI is InChI=1S/C15H26O/c1-10(2)12-6-5-11(3)15-8-7-14(4,16-15)9-13(12)15/h10-13H,5-9H2,1-4H3/t11-,12+,13+,14-,15-/m0/s1. The average Bonchev–Trinajstić information content (AvgIpc) is 2.69. The minimum Gasteiger partial charge on any atom is -0.368 e. The van der Waals surface area contributed by atoms with E-state index in [1.165, 1.54) is 32.1 Å².